The van der Waals surface area contributed by atoms with Gasteiger partial charge < -0.3 is 0 Å². The molecule has 154 valence electrons. The van der Waals surface area contributed by atoms with Crippen LogP contribution in [-0.2, 0) is 12.0 Å². The average Bonchev–Trinajstić information content (AvgIpc) is 3.28. The second-order valence-electron chi connectivity index (χ2n) is 8.57. The first-order chi connectivity index (χ1) is 14.1. The molecule has 2 aromatic carbocycles. The Balaban J connectivity index is 1.77. The molecule has 3 heteroatoms. The van der Waals surface area contributed by atoms with E-state index in [1.807, 2.05) is 12.1 Å². The van der Waals surface area contributed by atoms with Crippen LogP contribution in [0, 0.1) is 17.2 Å². The second-order valence-corrected chi connectivity index (χ2v) is 9.01. The fourth-order valence-electron chi connectivity index (χ4n) is 5.09. The lowest BCUT2D eigenvalue weighted by Crippen LogP contribution is -2.37. The number of hydrogen-bond donors (Lipinski definition) is 0. The number of hydrogen-bond acceptors (Lipinski definition) is 2. The zero-order valence-corrected chi connectivity index (χ0v) is 18.5. The largest absolute Gasteiger partial charge is 0.299 e. The van der Waals surface area contributed by atoms with E-state index in [1.54, 1.807) is 0 Å². The lowest BCUT2D eigenvalue weighted by Gasteiger charge is -2.36. The normalized spacial score (nSPS) is 17.8. The molecule has 0 bridgehead atoms. The maximum absolute atomic E-state index is 10.4. The van der Waals surface area contributed by atoms with E-state index in [-0.39, 0.29) is 0 Å². The fourth-order valence-corrected chi connectivity index (χ4v) is 5.22. The molecule has 0 N–H and O–H groups in total. The number of nitriles is 1. The van der Waals surface area contributed by atoms with E-state index in [4.69, 9.17) is 11.6 Å². The van der Waals surface area contributed by atoms with Crippen LogP contribution < -0.4 is 0 Å². The number of nitrogens with zero attached hydrogens (tertiary/aromatic N) is 2. The molecular formula is C26H33ClN2. The highest BCUT2D eigenvalue weighted by Gasteiger charge is 2.42. The smallest absolute Gasteiger partial charge is 0.0851 e. The minimum absolute atomic E-state index is 0.401. The van der Waals surface area contributed by atoms with E-state index in [0.29, 0.717) is 12.0 Å². The van der Waals surface area contributed by atoms with Crippen molar-refractivity contribution in [3.63, 3.8) is 0 Å². The summed E-state index contributed by atoms with van der Waals surface area (Å²) in [5.41, 5.74) is 2.09. The maximum atomic E-state index is 10.4. The third-order valence-electron chi connectivity index (χ3n) is 6.85. The van der Waals surface area contributed by atoms with Crippen molar-refractivity contribution in [1.29, 1.82) is 5.26 Å². The van der Waals surface area contributed by atoms with Gasteiger partial charge in [0.25, 0.3) is 0 Å². The van der Waals surface area contributed by atoms with Crippen molar-refractivity contribution in [1.82, 2.24) is 4.90 Å². The van der Waals surface area contributed by atoms with Crippen molar-refractivity contribution in [2.75, 3.05) is 7.05 Å². The molecule has 0 radical (unpaired) electrons. The molecule has 29 heavy (non-hydrogen) atoms. The zero-order valence-electron chi connectivity index (χ0n) is 17.8. The molecule has 0 spiro atoms. The van der Waals surface area contributed by atoms with Crippen molar-refractivity contribution in [2.24, 2.45) is 5.92 Å². The standard InChI is InChI=1S/C26H33ClN2/c1-3-25(29(2)19-21-9-5-4-6-10-21)17-18-26(20-28,22-11-7-8-12-22)23-13-15-24(27)16-14-23/h4-6,9-10,13-16,22,25H,3,7-8,11-12,17-19H2,1-2H3. The van der Waals surface area contributed by atoms with Gasteiger partial charge in [-0.2, -0.15) is 5.26 Å². The summed E-state index contributed by atoms with van der Waals surface area (Å²) in [6.45, 7) is 3.21. The molecule has 2 atom stereocenters. The first-order valence-electron chi connectivity index (χ1n) is 11.0. The molecule has 1 fully saturated rings. The van der Waals surface area contributed by atoms with Gasteiger partial charge in [-0.3, -0.25) is 4.90 Å². The van der Waals surface area contributed by atoms with Gasteiger partial charge in [-0.25, -0.2) is 0 Å². The lowest BCUT2D eigenvalue weighted by molar-refractivity contribution is 0.193. The summed E-state index contributed by atoms with van der Waals surface area (Å²) >= 11 is 6.14. The van der Waals surface area contributed by atoms with Crippen LogP contribution in [0.5, 0.6) is 0 Å². The van der Waals surface area contributed by atoms with Crippen molar-refractivity contribution in [3.05, 3.63) is 70.7 Å². The van der Waals surface area contributed by atoms with Gasteiger partial charge in [0.2, 0.25) is 0 Å². The second kappa shape index (κ2) is 10.3. The summed E-state index contributed by atoms with van der Waals surface area (Å²) < 4.78 is 0. The molecule has 2 nitrogen and oxygen atoms in total. The maximum Gasteiger partial charge on any atom is 0.0851 e. The first kappa shape index (κ1) is 21.9. The van der Waals surface area contributed by atoms with E-state index in [0.717, 1.165) is 49.2 Å². The van der Waals surface area contributed by atoms with Crippen LogP contribution in [0.15, 0.2) is 54.6 Å². The highest BCUT2D eigenvalue weighted by molar-refractivity contribution is 6.30. The van der Waals surface area contributed by atoms with Gasteiger partial charge >= 0.3 is 0 Å². The molecule has 1 aliphatic carbocycles. The number of rotatable bonds is 9. The quantitative estimate of drug-likeness (QED) is 0.447. The average molecular weight is 409 g/mol. The molecule has 0 heterocycles. The third-order valence-corrected chi connectivity index (χ3v) is 7.10. The van der Waals surface area contributed by atoms with Gasteiger partial charge in [-0.15, -0.1) is 0 Å². The van der Waals surface area contributed by atoms with Gasteiger partial charge in [0.15, 0.2) is 0 Å². The van der Waals surface area contributed by atoms with Gasteiger partial charge in [0.05, 0.1) is 11.5 Å². The van der Waals surface area contributed by atoms with E-state index >= 15 is 0 Å². The molecular weight excluding hydrogens is 376 g/mol. The van der Waals surface area contributed by atoms with Crippen molar-refractivity contribution in [2.45, 2.75) is 69.9 Å². The Kier molecular flexibility index (Phi) is 7.76. The summed E-state index contributed by atoms with van der Waals surface area (Å²) in [6.07, 6.45) is 7.84. The van der Waals surface area contributed by atoms with E-state index in [9.17, 15) is 5.26 Å². The van der Waals surface area contributed by atoms with Crippen LogP contribution in [-0.4, -0.2) is 18.0 Å². The van der Waals surface area contributed by atoms with Gasteiger partial charge in [0, 0.05) is 17.6 Å². The summed E-state index contributed by atoms with van der Waals surface area (Å²) in [5, 5.41) is 11.2. The molecule has 0 saturated heterocycles. The minimum Gasteiger partial charge on any atom is -0.299 e. The SMILES string of the molecule is CCC(CCC(C#N)(c1ccc(Cl)cc1)C1CCCC1)N(C)Cc1ccccc1. The topological polar surface area (TPSA) is 27.0 Å². The Hall–Kier alpha value is -1.82. The monoisotopic (exact) mass is 408 g/mol. The molecule has 0 amide bonds. The predicted molar refractivity (Wildman–Crippen MR) is 122 cm³/mol. The summed E-state index contributed by atoms with van der Waals surface area (Å²) in [5.74, 6) is 0.450. The van der Waals surface area contributed by atoms with E-state index in [1.165, 1.54) is 18.4 Å². The van der Waals surface area contributed by atoms with Crippen molar-refractivity contribution >= 4 is 11.6 Å². The molecule has 3 rings (SSSR count). The van der Waals surface area contributed by atoms with Crippen LogP contribution in [0.2, 0.25) is 5.02 Å². The minimum atomic E-state index is -0.401. The Bertz CT molecular complexity index is 790. The van der Waals surface area contributed by atoms with Crippen molar-refractivity contribution < 1.29 is 0 Å². The highest BCUT2D eigenvalue weighted by Crippen LogP contribution is 2.45. The fraction of sp³-hybridized carbons (Fsp3) is 0.500. The van der Waals surface area contributed by atoms with Gasteiger partial charge in [-0.1, -0.05) is 73.8 Å². The van der Waals surface area contributed by atoms with Gasteiger partial charge in [0.1, 0.15) is 0 Å². The summed E-state index contributed by atoms with van der Waals surface area (Å²) in [6, 6.07) is 22.0. The number of benzene rings is 2. The first-order valence-corrected chi connectivity index (χ1v) is 11.4. The Labute approximate surface area is 181 Å². The lowest BCUT2D eigenvalue weighted by atomic mass is 9.67. The van der Waals surface area contributed by atoms with Crippen LogP contribution in [0.1, 0.15) is 63.0 Å². The van der Waals surface area contributed by atoms with Crippen LogP contribution >= 0.6 is 11.6 Å². The third kappa shape index (κ3) is 5.21. The molecule has 0 aliphatic heterocycles. The Morgan fingerprint density at radius 2 is 1.76 bits per heavy atom. The zero-order chi connectivity index (χ0) is 20.7. The molecule has 1 aliphatic rings. The predicted octanol–water partition coefficient (Wildman–Crippen LogP) is 6.98. The number of halogens is 1. The van der Waals surface area contributed by atoms with E-state index in [2.05, 4.69) is 67.4 Å². The van der Waals surface area contributed by atoms with Crippen LogP contribution in [0.25, 0.3) is 0 Å². The Morgan fingerprint density at radius 3 is 2.34 bits per heavy atom. The van der Waals surface area contributed by atoms with Gasteiger partial charge in [-0.05, 0) is 68.3 Å². The molecule has 1 saturated carbocycles. The molecule has 2 unspecified atom stereocenters. The summed E-state index contributed by atoms with van der Waals surface area (Å²) in [7, 11) is 2.22. The molecule has 0 aromatic heterocycles. The Morgan fingerprint density at radius 1 is 1.10 bits per heavy atom. The van der Waals surface area contributed by atoms with Crippen LogP contribution in [0.3, 0.4) is 0 Å². The van der Waals surface area contributed by atoms with E-state index < -0.39 is 5.41 Å². The summed E-state index contributed by atoms with van der Waals surface area (Å²) in [4.78, 5) is 2.45. The molecule has 2 aromatic rings. The van der Waals surface area contributed by atoms with Crippen LogP contribution in [0.4, 0.5) is 0 Å². The highest BCUT2D eigenvalue weighted by atomic mass is 35.5. The van der Waals surface area contributed by atoms with Crippen molar-refractivity contribution in [3.8, 4) is 6.07 Å².